The van der Waals surface area contributed by atoms with E-state index >= 15 is 0 Å². The molecular formula is C25H32N4O4. The van der Waals surface area contributed by atoms with Crippen LogP contribution in [-0.2, 0) is 24.9 Å². The lowest BCUT2D eigenvalue weighted by molar-refractivity contribution is -0.133. The van der Waals surface area contributed by atoms with Crippen molar-refractivity contribution in [3.05, 3.63) is 72.4 Å². The van der Waals surface area contributed by atoms with Crippen LogP contribution >= 0.6 is 0 Å². The van der Waals surface area contributed by atoms with Crippen LogP contribution in [0.2, 0.25) is 0 Å². The quantitative estimate of drug-likeness (QED) is 0.492. The first-order valence-electron chi connectivity index (χ1n) is 11.0. The molecule has 176 valence electrons. The first-order chi connectivity index (χ1) is 15.9. The van der Waals surface area contributed by atoms with E-state index in [-0.39, 0.29) is 24.5 Å². The van der Waals surface area contributed by atoms with Gasteiger partial charge < -0.3 is 28.8 Å². The highest BCUT2D eigenvalue weighted by molar-refractivity contribution is 5.92. The molecule has 8 heteroatoms. The third-order valence-electron chi connectivity index (χ3n) is 5.71. The van der Waals surface area contributed by atoms with Crippen molar-refractivity contribution < 1.29 is 18.7 Å². The Labute approximate surface area is 194 Å². The summed E-state index contributed by atoms with van der Waals surface area (Å²) in [5.41, 5.74) is 1.63. The van der Waals surface area contributed by atoms with Crippen LogP contribution in [-0.4, -0.2) is 46.0 Å². The number of anilines is 1. The van der Waals surface area contributed by atoms with Gasteiger partial charge >= 0.3 is 6.03 Å². The van der Waals surface area contributed by atoms with Gasteiger partial charge in [-0.15, -0.1) is 0 Å². The fourth-order valence-corrected chi connectivity index (χ4v) is 3.44. The van der Waals surface area contributed by atoms with Crippen molar-refractivity contribution in [2.75, 3.05) is 19.0 Å². The van der Waals surface area contributed by atoms with Crippen LogP contribution in [0.1, 0.15) is 31.7 Å². The number of aryl methyl sites for hydroxylation is 1. The van der Waals surface area contributed by atoms with Gasteiger partial charge in [0.05, 0.1) is 26.5 Å². The van der Waals surface area contributed by atoms with Crippen LogP contribution in [0.4, 0.5) is 10.5 Å². The maximum Gasteiger partial charge on any atom is 0.322 e. The number of methoxy groups -OCH3 is 1. The van der Waals surface area contributed by atoms with E-state index in [1.54, 1.807) is 53.5 Å². The molecule has 0 fully saturated rings. The van der Waals surface area contributed by atoms with Gasteiger partial charge in [0.1, 0.15) is 18.1 Å². The molecule has 3 rings (SSSR count). The molecule has 0 saturated carbocycles. The summed E-state index contributed by atoms with van der Waals surface area (Å²) in [6.07, 6.45) is 4.26. The number of amides is 3. The molecule has 0 aliphatic carbocycles. The number of aromatic nitrogens is 1. The van der Waals surface area contributed by atoms with Crippen LogP contribution < -0.4 is 10.1 Å². The van der Waals surface area contributed by atoms with Crippen LogP contribution in [0.5, 0.6) is 5.75 Å². The second-order valence-corrected chi connectivity index (χ2v) is 7.98. The van der Waals surface area contributed by atoms with Gasteiger partial charge in [-0.3, -0.25) is 4.79 Å². The molecular weight excluding hydrogens is 420 g/mol. The summed E-state index contributed by atoms with van der Waals surface area (Å²) in [7, 11) is 3.53. The average molecular weight is 453 g/mol. The molecule has 0 saturated heterocycles. The second kappa shape index (κ2) is 11.3. The number of urea groups is 1. The van der Waals surface area contributed by atoms with Crippen LogP contribution in [0.3, 0.4) is 0 Å². The predicted molar refractivity (Wildman–Crippen MR) is 127 cm³/mol. The van der Waals surface area contributed by atoms with Crippen molar-refractivity contribution in [3.63, 3.8) is 0 Å². The molecule has 0 bridgehead atoms. The number of ether oxygens (including phenoxy) is 1. The Hall–Kier alpha value is -3.68. The highest BCUT2D eigenvalue weighted by atomic mass is 16.5. The molecule has 3 amide bonds. The standard InChI is InChI=1S/C25H32N4O4/c1-5-19(2)29(25(31)26-20-10-12-22(32-4)13-11-20)18-24(30)28(17-23-9-7-15-33-23)16-21-8-6-14-27(21)3/h6-15,19H,5,16-18H2,1-4H3,(H,26,31). The monoisotopic (exact) mass is 452 g/mol. The summed E-state index contributed by atoms with van der Waals surface area (Å²) < 4.78 is 12.6. The smallest absolute Gasteiger partial charge is 0.322 e. The van der Waals surface area contributed by atoms with Crippen molar-refractivity contribution in [2.45, 2.75) is 39.4 Å². The molecule has 2 aromatic heterocycles. The summed E-state index contributed by atoms with van der Waals surface area (Å²) in [4.78, 5) is 29.8. The third-order valence-corrected chi connectivity index (χ3v) is 5.71. The number of furan rings is 1. The van der Waals surface area contributed by atoms with E-state index in [2.05, 4.69) is 5.32 Å². The van der Waals surface area contributed by atoms with Crippen LogP contribution in [0.15, 0.2) is 65.4 Å². The number of hydrogen-bond acceptors (Lipinski definition) is 4. The van der Waals surface area contributed by atoms with Gasteiger partial charge in [0.25, 0.3) is 0 Å². The molecule has 1 unspecified atom stereocenters. The van der Waals surface area contributed by atoms with Gasteiger partial charge in [-0.1, -0.05) is 6.92 Å². The van der Waals surface area contributed by atoms with E-state index in [0.717, 1.165) is 12.1 Å². The zero-order valence-corrected chi connectivity index (χ0v) is 19.7. The molecule has 8 nitrogen and oxygen atoms in total. The van der Waals surface area contributed by atoms with Crippen molar-refractivity contribution >= 4 is 17.6 Å². The Balaban J connectivity index is 1.75. The van der Waals surface area contributed by atoms with Gasteiger partial charge in [0, 0.05) is 30.7 Å². The normalized spacial score (nSPS) is 11.6. The second-order valence-electron chi connectivity index (χ2n) is 7.98. The lowest BCUT2D eigenvalue weighted by Crippen LogP contribution is -2.48. The molecule has 0 aliphatic rings. The van der Waals surface area contributed by atoms with Gasteiger partial charge in [-0.25, -0.2) is 4.79 Å². The van der Waals surface area contributed by atoms with E-state index in [4.69, 9.17) is 9.15 Å². The Bertz CT molecular complexity index is 1030. The summed E-state index contributed by atoms with van der Waals surface area (Å²) in [5.74, 6) is 1.24. The minimum absolute atomic E-state index is 0.0396. The Morgan fingerprint density at radius 3 is 2.45 bits per heavy atom. The summed E-state index contributed by atoms with van der Waals surface area (Å²) >= 11 is 0. The minimum atomic E-state index is -0.320. The maximum absolute atomic E-state index is 13.4. The third kappa shape index (κ3) is 6.41. The van der Waals surface area contributed by atoms with Crippen LogP contribution in [0.25, 0.3) is 0 Å². The molecule has 1 atom stereocenters. The number of hydrogen-bond donors (Lipinski definition) is 1. The van der Waals surface area contributed by atoms with Crippen molar-refractivity contribution in [1.29, 1.82) is 0 Å². The van der Waals surface area contributed by atoms with E-state index in [0.29, 0.717) is 30.3 Å². The van der Waals surface area contributed by atoms with Crippen LogP contribution in [0, 0.1) is 0 Å². The number of carbonyl (C=O) groups excluding carboxylic acids is 2. The van der Waals surface area contributed by atoms with Gasteiger partial charge in [-0.2, -0.15) is 0 Å². The summed E-state index contributed by atoms with van der Waals surface area (Å²) in [5, 5.41) is 2.89. The molecule has 0 radical (unpaired) electrons. The molecule has 0 aliphatic heterocycles. The lowest BCUT2D eigenvalue weighted by Gasteiger charge is -2.31. The maximum atomic E-state index is 13.4. The number of nitrogens with one attached hydrogen (secondary N) is 1. The highest BCUT2D eigenvalue weighted by Crippen LogP contribution is 2.17. The fourth-order valence-electron chi connectivity index (χ4n) is 3.44. The molecule has 33 heavy (non-hydrogen) atoms. The molecule has 1 aromatic carbocycles. The van der Waals surface area contributed by atoms with E-state index in [9.17, 15) is 9.59 Å². The number of benzene rings is 1. The predicted octanol–water partition coefficient (Wildman–Crippen LogP) is 4.49. The minimum Gasteiger partial charge on any atom is -0.497 e. The average Bonchev–Trinajstić information content (AvgIpc) is 3.48. The summed E-state index contributed by atoms with van der Waals surface area (Å²) in [6, 6.07) is 14.2. The molecule has 3 aromatic rings. The number of nitrogens with zero attached hydrogens (tertiary/aromatic N) is 3. The van der Waals surface area contributed by atoms with Gasteiger partial charge in [0.15, 0.2) is 0 Å². The van der Waals surface area contributed by atoms with E-state index in [1.807, 2.05) is 49.9 Å². The van der Waals surface area contributed by atoms with Crippen molar-refractivity contribution in [2.24, 2.45) is 7.05 Å². The Morgan fingerprint density at radius 2 is 1.88 bits per heavy atom. The number of carbonyl (C=O) groups is 2. The largest absolute Gasteiger partial charge is 0.497 e. The van der Waals surface area contributed by atoms with Gasteiger partial charge in [0.2, 0.25) is 5.91 Å². The Morgan fingerprint density at radius 1 is 1.12 bits per heavy atom. The summed E-state index contributed by atoms with van der Waals surface area (Å²) in [6.45, 7) is 4.63. The lowest BCUT2D eigenvalue weighted by atomic mass is 10.2. The van der Waals surface area contributed by atoms with Gasteiger partial charge in [-0.05, 0) is 61.9 Å². The number of rotatable bonds is 10. The first kappa shape index (κ1) is 24.0. The molecule has 0 spiro atoms. The highest BCUT2D eigenvalue weighted by Gasteiger charge is 2.26. The van der Waals surface area contributed by atoms with E-state index < -0.39 is 0 Å². The Kier molecular flexibility index (Phi) is 8.18. The zero-order chi connectivity index (χ0) is 23.8. The van der Waals surface area contributed by atoms with E-state index in [1.165, 1.54) is 0 Å². The topological polar surface area (TPSA) is 80.0 Å². The fraction of sp³-hybridized carbons (Fsp3) is 0.360. The molecule has 1 N–H and O–H groups in total. The van der Waals surface area contributed by atoms with Crippen molar-refractivity contribution in [3.8, 4) is 5.75 Å². The zero-order valence-electron chi connectivity index (χ0n) is 19.7. The van der Waals surface area contributed by atoms with Crippen molar-refractivity contribution in [1.82, 2.24) is 14.4 Å². The SMILES string of the molecule is CCC(C)N(CC(=O)N(Cc1ccco1)Cc1cccn1C)C(=O)Nc1ccc(OC)cc1. The molecule has 2 heterocycles. The first-order valence-corrected chi connectivity index (χ1v) is 11.0.